The van der Waals surface area contributed by atoms with Gasteiger partial charge in [0, 0.05) is 0 Å². The summed E-state index contributed by atoms with van der Waals surface area (Å²) in [4.78, 5) is 35.5. The van der Waals surface area contributed by atoms with Crippen LogP contribution in [0, 0.1) is 0 Å². The number of hydrogen-bond donors (Lipinski definition) is 2. The summed E-state index contributed by atoms with van der Waals surface area (Å²) in [5, 5.41) is 11.4. The van der Waals surface area contributed by atoms with E-state index < -0.39 is 35.3 Å². The second-order valence-corrected chi connectivity index (χ2v) is 7.54. The highest BCUT2D eigenvalue weighted by atomic mass is 16.6. The van der Waals surface area contributed by atoms with E-state index in [4.69, 9.17) is 14.6 Å². The maximum absolute atomic E-state index is 12.5. The Labute approximate surface area is 147 Å². The molecule has 0 saturated carbocycles. The van der Waals surface area contributed by atoms with Crippen LogP contribution in [0.15, 0.2) is 24.3 Å². The van der Waals surface area contributed by atoms with Crippen molar-refractivity contribution in [3.05, 3.63) is 35.4 Å². The summed E-state index contributed by atoms with van der Waals surface area (Å²) in [6.07, 6.45) is -0.773. The summed E-state index contributed by atoms with van der Waals surface area (Å²) in [7, 11) is 0. The molecule has 0 aliphatic carbocycles. The Morgan fingerprint density at radius 2 is 1.40 bits per heavy atom. The van der Waals surface area contributed by atoms with Crippen molar-refractivity contribution in [2.75, 3.05) is 0 Å². The number of carboxylic acids is 1. The highest BCUT2D eigenvalue weighted by molar-refractivity contribution is 5.88. The molecular formula is C18H25NO6. The van der Waals surface area contributed by atoms with E-state index in [2.05, 4.69) is 5.32 Å². The minimum absolute atomic E-state index is 0.0731. The number of esters is 1. The standard InChI is InChI=1S/C18H25NO6/c1-17(2,3)24-15(22)13(19-16(23)25-18(4,5)6)11-7-9-12(10-8-11)14(20)21/h7-10,13H,1-6H3,(H,19,23)(H,20,21)/t13-/m0/s1. The average Bonchev–Trinajstić information content (AvgIpc) is 2.41. The Bertz CT molecular complexity index is 637. The molecule has 0 spiro atoms. The molecule has 25 heavy (non-hydrogen) atoms. The molecule has 0 saturated heterocycles. The van der Waals surface area contributed by atoms with Gasteiger partial charge in [0.25, 0.3) is 0 Å². The molecule has 0 heterocycles. The van der Waals surface area contributed by atoms with Gasteiger partial charge in [0.05, 0.1) is 5.56 Å². The first kappa shape index (κ1) is 20.5. The molecule has 1 amide bonds. The lowest BCUT2D eigenvalue weighted by molar-refractivity contribution is -0.157. The Morgan fingerprint density at radius 1 is 0.920 bits per heavy atom. The van der Waals surface area contributed by atoms with E-state index in [1.807, 2.05) is 0 Å². The van der Waals surface area contributed by atoms with Gasteiger partial charge in [0.15, 0.2) is 6.04 Å². The van der Waals surface area contributed by atoms with Gasteiger partial charge in [0.1, 0.15) is 11.2 Å². The molecular weight excluding hydrogens is 326 g/mol. The van der Waals surface area contributed by atoms with Crippen LogP contribution in [0.4, 0.5) is 4.79 Å². The van der Waals surface area contributed by atoms with Gasteiger partial charge in [-0.2, -0.15) is 0 Å². The Hall–Kier alpha value is -2.57. The fourth-order valence-corrected chi connectivity index (χ4v) is 1.88. The molecule has 2 N–H and O–H groups in total. The molecule has 0 fully saturated rings. The molecule has 1 aromatic carbocycles. The highest BCUT2D eigenvalue weighted by Crippen LogP contribution is 2.20. The molecule has 138 valence electrons. The summed E-state index contributed by atoms with van der Waals surface area (Å²) in [6, 6.07) is 4.50. The third-order valence-corrected chi connectivity index (χ3v) is 2.79. The molecule has 7 heteroatoms. The first-order valence-electron chi connectivity index (χ1n) is 7.84. The quantitative estimate of drug-likeness (QED) is 0.807. The summed E-state index contributed by atoms with van der Waals surface area (Å²) < 4.78 is 10.5. The summed E-state index contributed by atoms with van der Waals surface area (Å²) in [6.45, 7) is 10.2. The van der Waals surface area contributed by atoms with Crippen LogP contribution in [-0.2, 0) is 14.3 Å². The van der Waals surface area contributed by atoms with Gasteiger partial charge in [-0.05, 0) is 59.2 Å². The van der Waals surface area contributed by atoms with Crippen LogP contribution in [0.2, 0.25) is 0 Å². The number of carbonyl (C=O) groups excluding carboxylic acids is 2. The van der Waals surface area contributed by atoms with E-state index >= 15 is 0 Å². The van der Waals surface area contributed by atoms with Gasteiger partial charge in [-0.3, -0.25) is 0 Å². The number of aromatic carboxylic acids is 1. The minimum Gasteiger partial charge on any atom is -0.478 e. The maximum Gasteiger partial charge on any atom is 0.408 e. The van der Waals surface area contributed by atoms with Crippen molar-refractivity contribution in [3.63, 3.8) is 0 Å². The molecule has 0 aliphatic rings. The van der Waals surface area contributed by atoms with Crippen LogP contribution in [0.25, 0.3) is 0 Å². The van der Waals surface area contributed by atoms with E-state index in [0.29, 0.717) is 5.56 Å². The molecule has 1 atom stereocenters. The molecule has 1 aromatic rings. The number of carbonyl (C=O) groups is 3. The molecule has 0 radical (unpaired) electrons. The van der Waals surface area contributed by atoms with Crippen molar-refractivity contribution in [3.8, 4) is 0 Å². The summed E-state index contributed by atoms with van der Waals surface area (Å²) in [5.41, 5.74) is -1.00. The smallest absolute Gasteiger partial charge is 0.408 e. The van der Waals surface area contributed by atoms with Gasteiger partial charge in [-0.1, -0.05) is 12.1 Å². The second kappa shape index (κ2) is 7.55. The average molecular weight is 351 g/mol. The van der Waals surface area contributed by atoms with Crippen LogP contribution >= 0.6 is 0 Å². The van der Waals surface area contributed by atoms with Crippen LogP contribution in [0.3, 0.4) is 0 Å². The van der Waals surface area contributed by atoms with Gasteiger partial charge >= 0.3 is 18.0 Å². The third-order valence-electron chi connectivity index (χ3n) is 2.79. The normalized spacial score (nSPS) is 12.9. The van der Waals surface area contributed by atoms with Crippen molar-refractivity contribution < 1.29 is 29.0 Å². The summed E-state index contributed by atoms with van der Waals surface area (Å²) >= 11 is 0. The zero-order chi connectivity index (χ0) is 19.4. The van der Waals surface area contributed by atoms with Crippen molar-refractivity contribution in [2.45, 2.75) is 58.8 Å². The third kappa shape index (κ3) is 7.24. The number of rotatable bonds is 4. The lowest BCUT2D eigenvalue weighted by atomic mass is 10.0. The van der Waals surface area contributed by atoms with Crippen LogP contribution in [-0.4, -0.2) is 34.3 Å². The second-order valence-electron chi connectivity index (χ2n) is 7.54. The fraction of sp³-hybridized carbons (Fsp3) is 0.500. The highest BCUT2D eigenvalue weighted by Gasteiger charge is 2.30. The number of alkyl carbamates (subject to hydrolysis) is 1. The fourth-order valence-electron chi connectivity index (χ4n) is 1.88. The predicted molar refractivity (Wildman–Crippen MR) is 91.4 cm³/mol. The largest absolute Gasteiger partial charge is 0.478 e. The number of carboxylic acid groups (broad SMARTS) is 1. The van der Waals surface area contributed by atoms with E-state index in [1.165, 1.54) is 24.3 Å². The lowest BCUT2D eigenvalue weighted by Gasteiger charge is -2.26. The van der Waals surface area contributed by atoms with Crippen molar-refractivity contribution >= 4 is 18.0 Å². The van der Waals surface area contributed by atoms with Gasteiger partial charge < -0.3 is 19.9 Å². The first-order valence-corrected chi connectivity index (χ1v) is 7.84. The van der Waals surface area contributed by atoms with Crippen LogP contribution in [0.5, 0.6) is 0 Å². The van der Waals surface area contributed by atoms with Crippen molar-refractivity contribution in [1.82, 2.24) is 5.32 Å². The van der Waals surface area contributed by atoms with Crippen molar-refractivity contribution in [1.29, 1.82) is 0 Å². The van der Waals surface area contributed by atoms with Crippen LogP contribution < -0.4 is 5.32 Å². The van der Waals surface area contributed by atoms with Gasteiger partial charge in [0.2, 0.25) is 0 Å². The monoisotopic (exact) mass is 351 g/mol. The predicted octanol–water partition coefficient (Wildman–Crippen LogP) is 3.29. The molecule has 0 unspecified atom stereocenters. The molecule has 0 bridgehead atoms. The first-order chi connectivity index (χ1) is 11.3. The van der Waals surface area contributed by atoms with E-state index in [1.54, 1.807) is 41.5 Å². The summed E-state index contributed by atoms with van der Waals surface area (Å²) in [5.74, 6) is -1.75. The number of amides is 1. The van der Waals surface area contributed by atoms with E-state index in [-0.39, 0.29) is 5.56 Å². The van der Waals surface area contributed by atoms with E-state index in [0.717, 1.165) is 0 Å². The minimum atomic E-state index is -1.11. The zero-order valence-electron chi connectivity index (χ0n) is 15.4. The molecule has 0 aromatic heterocycles. The molecule has 1 rings (SSSR count). The SMILES string of the molecule is CC(C)(C)OC(=O)N[C@H](C(=O)OC(C)(C)C)c1ccc(C(=O)O)cc1. The Balaban J connectivity index is 3.08. The maximum atomic E-state index is 12.5. The number of ether oxygens (including phenoxy) is 2. The molecule has 7 nitrogen and oxygen atoms in total. The Morgan fingerprint density at radius 3 is 1.80 bits per heavy atom. The lowest BCUT2D eigenvalue weighted by Crippen LogP contribution is -2.40. The van der Waals surface area contributed by atoms with E-state index in [9.17, 15) is 14.4 Å². The van der Waals surface area contributed by atoms with Crippen molar-refractivity contribution in [2.24, 2.45) is 0 Å². The van der Waals surface area contributed by atoms with Gasteiger partial charge in [-0.25, -0.2) is 14.4 Å². The number of nitrogens with one attached hydrogen (secondary N) is 1. The van der Waals surface area contributed by atoms with Gasteiger partial charge in [-0.15, -0.1) is 0 Å². The number of hydrogen-bond acceptors (Lipinski definition) is 5. The zero-order valence-corrected chi connectivity index (χ0v) is 15.4. The van der Waals surface area contributed by atoms with Crippen LogP contribution in [0.1, 0.15) is 63.5 Å². The topological polar surface area (TPSA) is 102 Å². The number of benzene rings is 1. The Kier molecular flexibility index (Phi) is 6.18. The molecule has 0 aliphatic heterocycles.